The SMILES string of the molecule is CCNC(c1cccc(C2CCC2)c1)c1sccc1Br. The molecular weight excluding hydrogens is 330 g/mol. The van der Waals surface area contributed by atoms with E-state index in [0.717, 1.165) is 12.5 Å². The molecule has 0 amide bonds. The number of rotatable bonds is 5. The Morgan fingerprint density at radius 2 is 2.20 bits per heavy atom. The van der Waals surface area contributed by atoms with Crippen LogP contribution in [0.1, 0.15) is 54.1 Å². The molecule has 3 heteroatoms. The summed E-state index contributed by atoms with van der Waals surface area (Å²) in [6, 6.07) is 11.6. The highest BCUT2D eigenvalue weighted by Crippen LogP contribution is 2.38. The molecule has 106 valence electrons. The molecule has 1 fully saturated rings. The molecule has 0 spiro atoms. The molecule has 1 unspecified atom stereocenters. The van der Waals surface area contributed by atoms with Crippen molar-refractivity contribution in [1.29, 1.82) is 0 Å². The van der Waals surface area contributed by atoms with Crippen molar-refractivity contribution in [2.24, 2.45) is 0 Å². The van der Waals surface area contributed by atoms with Crippen molar-refractivity contribution >= 4 is 27.3 Å². The Morgan fingerprint density at radius 1 is 1.35 bits per heavy atom. The molecule has 3 rings (SSSR count). The lowest BCUT2D eigenvalue weighted by Crippen LogP contribution is -2.22. The zero-order chi connectivity index (χ0) is 13.9. The van der Waals surface area contributed by atoms with E-state index in [4.69, 9.17) is 0 Å². The first-order valence-corrected chi connectivity index (χ1v) is 9.03. The second-order valence-corrected chi connectivity index (χ2v) is 7.22. The Hall–Kier alpha value is -0.640. The summed E-state index contributed by atoms with van der Waals surface area (Å²) in [7, 11) is 0. The third-order valence-corrected chi connectivity index (χ3v) is 6.07. The third kappa shape index (κ3) is 2.85. The number of hydrogen-bond acceptors (Lipinski definition) is 2. The lowest BCUT2D eigenvalue weighted by atomic mass is 9.79. The standard InChI is InChI=1S/C17H20BrNS/c1-2-19-16(17-15(18)9-10-20-17)14-8-4-7-13(11-14)12-5-3-6-12/h4,7-12,16,19H,2-3,5-6H2,1H3. The Kier molecular flexibility index (Phi) is 4.59. The van der Waals surface area contributed by atoms with Crippen molar-refractivity contribution in [3.05, 3.63) is 56.2 Å². The van der Waals surface area contributed by atoms with Gasteiger partial charge in [-0.15, -0.1) is 11.3 Å². The highest BCUT2D eigenvalue weighted by molar-refractivity contribution is 9.10. The van der Waals surface area contributed by atoms with Crippen molar-refractivity contribution in [3.8, 4) is 0 Å². The van der Waals surface area contributed by atoms with E-state index >= 15 is 0 Å². The summed E-state index contributed by atoms with van der Waals surface area (Å²) < 4.78 is 1.21. The second kappa shape index (κ2) is 6.42. The van der Waals surface area contributed by atoms with Crippen LogP contribution in [0.2, 0.25) is 0 Å². The minimum atomic E-state index is 0.300. The molecular formula is C17H20BrNS. The molecule has 1 aliphatic rings. The zero-order valence-corrected chi connectivity index (χ0v) is 14.1. The lowest BCUT2D eigenvalue weighted by molar-refractivity contribution is 0.419. The predicted molar refractivity (Wildman–Crippen MR) is 90.6 cm³/mol. The van der Waals surface area contributed by atoms with Gasteiger partial charge in [-0.2, -0.15) is 0 Å². The fraction of sp³-hybridized carbons (Fsp3) is 0.412. The molecule has 1 N–H and O–H groups in total. The van der Waals surface area contributed by atoms with Crippen LogP contribution in [0, 0.1) is 0 Å². The molecule has 1 aliphatic carbocycles. The first-order valence-electron chi connectivity index (χ1n) is 7.35. The summed E-state index contributed by atoms with van der Waals surface area (Å²) in [5.41, 5.74) is 2.91. The summed E-state index contributed by atoms with van der Waals surface area (Å²) in [5, 5.41) is 5.78. The molecule has 1 aromatic carbocycles. The maximum absolute atomic E-state index is 3.68. The maximum Gasteiger partial charge on any atom is 0.0682 e. The van der Waals surface area contributed by atoms with E-state index < -0.39 is 0 Å². The van der Waals surface area contributed by atoms with Crippen LogP contribution in [0.5, 0.6) is 0 Å². The summed E-state index contributed by atoms with van der Waals surface area (Å²) >= 11 is 5.49. The van der Waals surface area contributed by atoms with E-state index in [1.165, 1.54) is 39.7 Å². The fourth-order valence-electron chi connectivity index (χ4n) is 2.81. The van der Waals surface area contributed by atoms with Gasteiger partial charge in [0.2, 0.25) is 0 Å². The van der Waals surface area contributed by atoms with Crippen LogP contribution in [-0.4, -0.2) is 6.54 Å². The normalized spacial score (nSPS) is 16.9. The Balaban J connectivity index is 1.93. The molecule has 1 saturated carbocycles. The first kappa shape index (κ1) is 14.3. The lowest BCUT2D eigenvalue weighted by Gasteiger charge is -2.27. The van der Waals surface area contributed by atoms with Crippen LogP contribution in [-0.2, 0) is 0 Å². The zero-order valence-electron chi connectivity index (χ0n) is 11.7. The number of hydrogen-bond donors (Lipinski definition) is 1. The summed E-state index contributed by atoms with van der Waals surface area (Å²) in [5.74, 6) is 0.795. The molecule has 0 bridgehead atoms. The smallest absolute Gasteiger partial charge is 0.0682 e. The van der Waals surface area contributed by atoms with Crippen LogP contribution in [0.3, 0.4) is 0 Å². The van der Waals surface area contributed by atoms with E-state index in [0.29, 0.717) is 6.04 Å². The molecule has 0 saturated heterocycles. The topological polar surface area (TPSA) is 12.0 Å². The minimum Gasteiger partial charge on any atom is -0.306 e. The summed E-state index contributed by atoms with van der Waals surface area (Å²) in [6.45, 7) is 3.15. The molecule has 1 atom stereocenters. The molecule has 0 radical (unpaired) electrons. The van der Waals surface area contributed by atoms with Gasteiger partial charge in [-0.3, -0.25) is 0 Å². The van der Waals surface area contributed by atoms with Gasteiger partial charge in [0.25, 0.3) is 0 Å². The maximum atomic E-state index is 3.68. The van der Waals surface area contributed by atoms with E-state index in [1.54, 1.807) is 0 Å². The average Bonchev–Trinajstić information content (AvgIpc) is 2.80. The van der Waals surface area contributed by atoms with Crippen molar-refractivity contribution in [1.82, 2.24) is 5.32 Å². The Morgan fingerprint density at radius 3 is 2.80 bits per heavy atom. The van der Waals surface area contributed by atoms with Gasteiger partial charge < -0.3 is 5.32 Å². The van der Waals surface area contributed by atoms with Crippen molar-refractivity contribution in [2.45, 2.75) is 38.1 Å². The van der Waals surface area contributed by atoms with Gasteiger partial charge in [0.05, 0.1) is 6.04 Å². The van der Waals surface area contributed by atoms with Crippen LogP contribution < -0.4 is 5.32 Å². The largest absolute Gasteiger partial charge is 0.306 e. The van der Waals surface area contributed by atoms with Gasteiger partial charge in [0.15, 0.2) is 0 Å². The van der Waals surface area contributed by atoms with Gasteiger partial charge in [-0.25, -0.2) is 0 Å². The molecule has 20 heavy (non-hydrogen) atoms. The second-order valence-electron chi connectivity index (χ2n) is 5.42. The van der Waals surface area contributed by atoms with E-state index in [2.05, 4.69) is 63.9 Å². The summed E-state index contributed by atoms with van der Waals surface area (Å²) in [6.07, 6.45) is 4.11. The first-order chi connectivity index (χ1) is 9.79. The van der Waals surface area contributed by atoms with E-state index in [-0.39, 0.29) is 0 Å². The quantitative estimate of drug-likeness (QED) is 0.753. The van der Waals surface area contributed by atoms with E-state index in [9.17, 15) is 0 Å². The van der Waals surface area contributed by atoms with Crippen LogP contribution in [0.4, 0.5) is 0 Å². The number of halogens is 1. The monoisotopic (exact) mass is 349 g/mol. The predicted octanol–water partition coefficient (Wildman–Crippen LogP) is 5.48. The Bertz CT molecular complexity index is 574. The van der Waals surface area contributed by atoms with Crippen molar-refractivity contribution in [3.63, 3.8) is 0 Å². The van der Waals surface area contributed by atoms with E-state index in [1.807, 2.05) is 11.3 Å². The highest BCUT2D eigenvalue weighted by atomic mass is 79.9. The number of benzene rings is 1. The van der Waals surface area contributed by atoms with Crippen molar-refractivity contribution < 1.29 is 0 Å². The summed E-state index contributed by atoms with van der Waals surface area (Å²) in [4.78, 5) is 1.37. The van der Waals surface area contributed by atoms with Gasteiger partial charge >= 0.3 is 0 Å². The molecule has 1 aromatic heterocycles. The van der Waals surface area contributed by atoms with Gasteiger partial charge in [-0.1, -0.05) is 37.6 Å². The van der Waals surface area contributed by atoms with Crippen molar-refractivity contribution in [2.75, 3.05) is 6.54 Å². The fourth-order valence-corrected chi connectivity index (χ4v) is 4.51. The van der Waals surface area contributed by atoms with Gasteiger partial charge in [0.1, 0.15) is 0 Å². The average molecular weight is 350 g/mol. The van der Waals surface area contributed by atoms with Gasteiger partial charge in [-0.05, 0) is 63.8 Å². The molecule has 1 heterocycles. The van der Waals surface area contributed by atoms with Crippen LogP contribution in [0.25, 0.3) is 0 Å². The van der Waals surface area contributed by atoms with Gasteiger partial charge in [0, 0.05) is 9.35 Å². The minimum absolute atomic E-state index is 0.300. The third-order valence-electron chi connectivity index (χ3n) is 4.14. The Labute approximate surface area is 133 Å². The highest BCUT2D eigenvalue weighted by Gasteiger charge is 2.22. The number of nitrogens with one attached hydrogen (secondary N) is 1. The van der Waals surface area contributed by atoms with Crippen LogP contribution in [0.15, 0.2) is 40.2 Å². The molecule has 1 nitrogen and oxygen atoms in total. The molecule has 2 aromatic rings. The molecule has 0 aliphatic heterocycles. The van der Waals surface area contributed by atoms with Crippen LogP contribution >= 0.6 is 27.3 Å². The number of thiophene rings is 1.